The lowest BCUT2D eigenvalue weighted by Crippen LogP contribution is -2.51. The van der Waals surface area contributed by atoms with Crippen LogP contribution >= 0.6 is 0 Å². The first-order valence-corrected chi connectivity index (χ1v) is 8.23. The first-order valence-electron chi connectivity index (χ1n) is 8.23. The lowest BCUT2D eigenvalue weighted by atomic mass is 9.86. The molecule has 21 heavy (non-hydrogen) atoms. The molecule has 2 heterocycles. The maximum atomic E-state index is 12.0. The molecule has 5 heteroatoms. The second-order valence-corrected chi connectivity index (χ2v) is 7.09. The second-order valence-electron chi connectivity index (χ2n) is 7.09. The Morgan fingerprint density at radius 3 is 3.00 bits per heavy atom. The fraction of sp³-hybridized carbons (Fsp3) is 0.938. The zero-order valence-corrected chi connectivity index (χ0v) is 13.3. The molecule has 3 aliphatic rings. The van der Waals surface area contributed by atoms with Crippen LogP contribution in [-0.4, -0.2) is 74.4 Å². The van der Waals surface area contributed by atoms with Gasteiger partial charge in [-0.25, -0.2) is 0 Å². The van der Waals surface area contributed by atoms with E-state index in [1.807, 2.05) is 4.90 Å². The lowest BCUT2D eigenvalue weighted by Gasteiger charge is -2.39. The molecule has 1 spiro atoms. The molecule has 1 saturated carbocycles. The number of amides is 1. The van der Waals surface area contributed by atoms with E-state index in [9.17, 15) is 4.79 Å². The Hall–Kier alpha value is -0.650. The van der Waals surface area contributed by atoms with Gasteiger partial charge in [-0.1, -0.05) is 0 Å². The average Bonchev–Trinajstić information content (AvgIpc) is 3.25. The van der Waals surface area contributed by atoms with Gasteiger partial charge in [0.2, 0.25) is 5.91 Å². The standard InChI is InChI=1S/C16H28N2O3/c1-17(14-4-5-14)9-13-8-16(21-10-13)6-3-7-18(12-16)15(19)11-20-2/h13-14H,3-12H2,1-2H3/t13-,16+/m1/s1. The molecule has 1 aliphatic carbocycles. The molecule has 5 nitrogen and oxygen atoms in total. The molecule has 0 aromatic carbocycles. The van der Waals surface area contributed by atoms with Crippen molar-refractivity contribution in [1.29, 1.82) is 0 Å². The summed E-state index contributed by atoms with van der Waals surface area (Å²) in [4.78, 5) is 16.5. The minimum absolute atomic E-state index is 0.0866. The predicted molar refractivity (Wildman–Crippen MR) is 80.1 cm³/mol. The molecular formula is C16H28N2O3. The third-order valence-electron chi connectivity index (χ3n) is 5.16. The van der Waals surface area contributed by atoms with Crippen molar-refractivity contribution < 1.29 is 14.3 Å². The van der Waals surface area contributed by atoms with Crippen LogP contribution in [0.3, 0.4) is 0 Å². The Labute approximate surface area is 127 Å². The zero-order chi connectivity index (χ0) is 14.9. The van der Waals surface area contributed by atoms with Gasteiger partial charge in [0.15, 0.2) is 0 Å². The van der Waals surface area contributed by atoms with Crippen LogP contribution in [0.4, 0.5) is 0 Å². The fourth-order valence-electron chi connectivity index (χ4n) is 3.94. The molecule has 2 atom stereocenters. The maximum absolute atomic E-state index is 12.0. The van der Waals surface area contributed by atoms with E-state index in [1.54, 1.807) is 7.11 Å². The first kappa shape index (κ1) is 15.3. The number of rotatable bonds is 5. The van der Waals surface area contributed by atoms with E-state index in [4.69, 9.17) is 9.47 Å². The van der Waals surface area contributed by atoms with Gasteiger partial charge in [-0.2, -0.15) is 0 Å². The molecule has 3 rings (SSSR count). The number of hydrogen-bond acceptors (Lipinski definition) is 4. The quantitative estimate of drug-likeness (QED) is 0.762. The van der Waals surface area contributed by atoms with Gasteiger partial charge in [-0.3, -0.25) is 4.79 Å². The fourth-order valence-corrected chi connectivity index (χ4v) is 3.94. The maximum Gasteiger partial charge on any atom is 0.248 e. The van der Waals surface area contributed by atoms with Gasteiger partial charge in [0, 0.05) is 32.8 Å². The summed E-state index contributed by atoms with van der Waals surface area (Å²) >= 11 is 0. The van der Waals surface area contributed by atoms with Crippen molar-refractivity contribution >= 4 is 5.91 Å². The minimum Gasteiger partial charge on any atom is -0.375 e. The number of methoxy groups -OCH3 is 1. The largest absolute Gasteiger partial charge is 0.375 e. The number of likely N-dealkylation sites (tertiary alicyclic amines) is 1. The molecule has 0 unspecified atom stereocenters. The molecule has 1 amide bonds. The smallest absolute Gasteiger partial charge is 0.248 e. The van der Waals surface area contributed by atoms with Gasteiger partial charge in [0.05, 0.1) is 12.2 Å². The summed E-state index contributed by atoms with van der Waals surface area (Å²) in [5.74, 6) is 0.715. The summed E-state index contributed by atoms with van der Waals surface area (Å²) in [7, 11) is 3.81. The Morgan fingerprint density at radius 2 is 2.29 bits per heavy atom. The highest BCUT2D eigenvalue weighted by atomic mass is 16.5. The number of nitrogens with zero attached hydrogens (tertiary/aromatic N) is 2. The molecule has 2 aliphatic heterocycles. The van der Waals surface area contributed by atoms with Gasteiger partial charge in [-0.05, 0) is 45.1 Å². The summed E-state index contributed by atoms with van der Waals surface area (Å²) in [5.41, 5.74) is -0.0866. The summed E-state index contributed by atoms with van der Waals surface area (Å²) in [5, 5.41) is 0. The van der Waals surface area contributed by atoms with Crippen LogP contribution in [0.5, 0.6) is 0 Å². The Balaban J connectivity index is 1.53. The van der Waals surface area contributed by atoms with E-state index in [0.717, 1.165) is 51.5 Å². The van der Waals surface area contributed by atoms with E-state index < -0.39 is 0 Å². The van der Waals surface area contributed by atoms with Gasteiger partial charge in [0.1, 0.15) is 6.61 Å². The van der Waals surface area contributed by atoms with Crippen LogP contribution in [0.1, 0.15) is 32.1 Å². The summed E-state index contributed by atoms with van der Waals surface area (Å²) < 4.78 is 11.2. The SMILES string of the molecule is COCC(=O)N1CCC[C@]2(C[C@H](CN(C)C3CC3)CO2)C1. The van der Waals surface area contributed by atoms with Crippen molar-refractivity contribution in [2.75, 3.05) is 47.0 Å². The van der Waals surface area contributed by atoms with E-state index in [2.05, 4.69) is 11.9 Å². The number of hydrogen-bond donors (Lipinski definition) is 0. The van der Waals surface area contributed by atoms with Crippen LogP contribution < -0.4 is 0 Å². The molecule has 0 bridgehead atoms. The van der Waals surface area contributed by atoms with Crippen LogP contribution in [-0.2, 0) is 14.3 Å². The number of carbonyl (C=O) groups excluding carboxylic acids is 1. The van der Waals surface area contributed by atoms with E-state index in [-0.39, 0.29) is 18.1 Å². The van der Waals surface area contributed by atoms with Crippen molar-refractivity contribution in [2.45, 2.75) is 43.7 Å². The van der Waals surface area contributed by atoms with Gasteiger partial charge >= 0.3 is 0 Å². The normalized spacial score (nSPS) is 33.1. The van der Waals surface area contributed by atoms with Crippen molar-refractivity contribution in [3.8, 4) is 0 Å². The molecule has 0 aromatic heterocycles. The van der Waals surface area contributed by atoms with Gasteiger partial charge in [-0.15, -0.1) is 0 Å². The predicted octanol–water partition coefficient (Wildman–Crippen LogP) is 1.12. The summed E-state index contributed by atoms with van der Waals surface area (Å²) in [6.45, 7) is 3.77. The third kappa shape index (κ3) is 3.58. The third-order valence-corrected chi connectivity index (χ3v) is 5.16. The summed E-state index contributed by atoms with van der Waals surface area (Å²) in [6.07, 6.45) is 5.94. The van der Waals surface area contributed by atoms with Gasteiger partial charge < -0.3 is 19.3 Å². The number of piperidine rings is 1. The average molecular weight is 296 g/mol. The highest BCUT2D eigenvalue weighted by Crippen LogP contribution is 2.38. The van der Waals surface area contributed by atoms with Crippen molar-refractivity contribution in [2.24, 2.45) is 5.92 Å². The highest BCUT2D eigenvalue weighted by Gasteiger charge is 2.45. The first-order chi connectivity index (χ1) is 10.1. The topological polar surface area (TPSA) is 42.0 Å². The van der Waals surface area contributed by atoms with E-state index in [0.29, 0.717) is 5.92 Å². The second kappa shape index (κ2) is 6.23. The zero-order valence-electron chi connectivity index (χ0n) is 13.3. The van der Waals surface area contributed by atoms with Crippen molar-refractivity contribution in [3.63, 3.8) is 0 Å². The van der Waals surface area contributed by atoms with Crippen molar-refractivity contribution in [1.82, 2.24) is 9.80 Å². The van der Waals surface area contributed by atoms with Crippen LogP contribution in [0.15, 0.2) is 0 Å². The van der Waals surface area contributed by atoms with Crippen molar-refractivity contribution in [3.05, 3.63) is 0 Å². The van der Waals surface area contributed by atoms with E-state index in [1.165, 1.54) is 12.8 Å². The molecule has 3 fully saturated rings. The van der Waals surface area contributed by atoms with Crippen LogP contribution in [0.25, 0.3) is 0 Å². The molecule has 2 saturated heterocycles. The van der Waals surface area contributed by atoms with Crippen LogP contribution in [0, 0.1) is 5.92 Å². The molecule has 0 aromatic rings. The summed E-state index contributed by atoms with van der Waals surface area (Å²) in [6, 6.07) is 0.813. The number of carbonyl (C=O) groups is 1. The Bertz CT molecular complexity index is 386. The molecular weight excluding hydrogens is 268 g/mol. The van der Waals surface area contributed by atoms with Gasteiger partial charge in [0.25, 0.3) is 0 Å². The van der Waals surface area contributed by atoms with E-state index >= 15 is 0 Å². The Morgan fingerprint density at radius 1 is 1.48 bits per heavy atom. The highest BCUT2D eigenvalue weighted by molar-refractivity contribution is 5.77. The molecule has 0 N–H and O–H groups in total. The van der Waals surface area contributed by atoms with Crippen LogP contribution in [0.2, 0.25) is 0 Å². The monoisotopic (exact) mass is 296 g/mol. The molecule has 0 radical (unpaired) electrons. The Kier molecular flexibility index (Phi) is 4.52. The minimum atomic E-state index is -0.0866. The number of ether oxygens (including phenoxy) is 2. The lowest BCUT2D eigenvalue weighted by molar-refractivity contribution is -0.143. The molecule has 120 valence electrons.